The zero-order chi connectivity index (χ0) is 9.47. The van der Waals surface area contributed by atoms with Crippen molar-refractivity contribution in [3.63, 3.8) is 0 Å². The van der Waals surface area contributed by atoms with Crippen molar-refractivity contribution in [3.8, 4) is 0 Å². The standard InChI is InChI=1S/C7H9ClN2O2S/c8-13(11,12)7-3-9-5-10(7)4-6-1-2-6/h3,5-6H,1-2,4H2. The maximum Gasteiger partial charge on any atom is 0.278 e. The molecule has 0 N–H and O–H groups in total. The minimum Gasteiger partial charge on any atom is -0.320 e. The van der Waals surface area contributed by atoms with E-state index in [1.165, 1.54) is 25.4 Å². The Hall–Kier alpha value is -0.550. The molecule has 0 amide bonds. The highest BCUT2D eigenvalue weighted by Crippen LogP contribution is 2.31. The van der Waals surface area contributed by atoms with Crippen LogP contribution in [0.25, 0.3) is 0 Å². The first-order valence-corrected chi connectivity index (χ1v) is 6.33. The Morgan fingerprint density at radius 3 is 2.85 bits per heavy atom. The topological polar surface area (TPSA) is 52.0 Å². The zero-order valence-electron chi connectivity index (χ0n) is 6.85. The van der Waals surface area contributed by atoms with Gasteiger partial charge in [0, 0.05) is 17.2 Å². The molecule has 0 bridgehead atoms. The molecule has 1 fully saturated rings. The predicted octanol–water partition coefficient (Wildman–Crippen LogP) is 1.22. The number of hydrogen-bond acceptors (Lipinski definition) is 3. The smallest absolute Gasteiger partial charge is 0.278 e. The van der Waals surface area contributed by atoms with Crippen molar-refractivity contribution in [2.45, 2.75) is 24.4 Å². The van der Waals surface area contributed by atoms with Crippen LogP contribution in [0, 0.1) is 5.92 Å². The van der Waals surface area contributed by atoms with Gasteiger partial charge in [-0.1, -0.05) is 0 Å². The molecule has 0 saturated heterocycles. The Labute approximate surface area is 81.0 Å². The fourth-order valence-corrected chi connectivity index (χ4v) is 2.20. The average molecular weight is 221 g/mol. The molecule has 1 aliphatic rings. The van der Waals surface area contributed by atoms with Crippen LogP contribution in [0.1, 0.15) is 12.8 Å². The van der Waals surface area contributed by atoms with E-state index in [0.29, 0.717) is 12.5 Å². The molecule has 1 saturated carbocycles. The van der Waals surface area contributed by atoms with E-state index < -0.39 is 9.05 Å². The lowest BCUT2D eigenvalue weighted by atomic mass is 10.4. The molecule has 0 atom stereocenters. The third-order valence-electron chi connectivity index (χ3n) is 2.08. The summed E-state index contributed by atoms with van der Waals surface area (Å²) in [5.41, 5.74) is 0. The van der Waals surface area contributed by atoms with Gasteiger partial charge in [-0.05, 0) is 18.8 Å². The normalized spacial score (nSPS) is 17.6. The van der Waals surface area contributed by atoms with E-state index in [0.717, 1.165) is 0 Å². The van der Waals surface area contributed by atoms with Crippen LogP contribution >= 0.6 is 10.7 Å². The van der Waals surface area contributed by atoms with Gasteiger partial charge in [-0.2, -0.15) is 0 Å². The summed E-state index contributed by atoms with van der Waals surface area (Å²) in [6.07, 6.45) is 5.12. The first-order valence-electron chi connectivity index (χ1n) is 4.02. The van der Waals surface area contributed by atoms with Crippen molar-refractivity contribution >= 4 is 19.7 Å². The van der Waals surface area contributed by atoms with E-state index in [9.17, 15) is 8.42 Å². The van der Waals surface area contributed by atoms with Crippen LogP contribution in [0.5, 0.6) is 0 Å². The maximum absolute atomic E-state index is 11.0. The Kier molecular flexibility index (Phi) is 2.08. The fourth-order valence-electron chi connectivity index (χ4n) is 1.23. The quantitative estimate of drug-likeness (QED) is 0.720. The van der Waals surface area contributed by atoms with Gasteiger partial charge < -0.3 is 4.57 Å². The number of aromatic nitrogens is 2. The van der Waals surface area contributed by atoms with Crippen LogP contribution < -0.4 is 0 Å². The van der Waals surface area contributed by atoms with E-state index in [1.54, 1.807) is 4.57 Å². The Bertz CT molecular complexity index is 408. The number of halogens is 1. The van der Waals surface area contributed by atoms with Crippen LogP contribution in [0.2, 0.25) is 0 Å². The molecule has 1 aromatic heterocycles. The van der Waals surface area contributed by atoms with Gasteiger partial charge >= 0.3 is 0 Å². The largest absolute Gasteiger partial charge is 0.320 e. The minimum atomic E-state index is -3.64. The second-order valence-corrected chi connectivity index (χ2v) is 5.78. The summed E-state index contributed by atoms with van der Waals surface area (Å²) in [4.78, 5) is 3.77. The van der Waals surface area contributed by atoms with Gasteiger partial charge in [-0.25, -0.2) is 13.4 Å². The molecule has 1 aliphatic carbocycles. The molecule has 0 aliphatic heterocycles. The Balaban J connectivity index is 2.29. The summed E-state index contributed by atoms with van der Waals surface area (Å²) in [6.45, 7) is 0.710. The molecule has 6 heteroatoms. The SMILES string of the molecule is O=S(=O)(Cl)c1cncn1CC1CC1. The lowest BCUT2D eigenvalue weighted by Crippen LogP contribution is -2.05. The van der Waals surface area contributed by atoms with Gasteiger partial charge in [0.25, 0.3) is 9.05 Å². The molecule has 13 heavy (non-hydrogen) atoms. The minimum absolute atomic E-state index is 0.0982. The summed E-state index contributed by atoms with van der Waals surface area (Å²) in [5.74, 6) is 0.603. The number of hydrogen-bond donors (Lipinski definition) is 0. The summed E-state index contributed by atoms with van der Waals surface area (Å²) in [5, 5.41) is 0.0982. The first-order chi connectivity index (χ1) is 6.07. The van der Waals surface area contributed by atoms with Crippen molar-refractivity contribution in [2.24, 2.45) is 5.92 Å². The second kappa shape index (κ2) is 2.99. The summed E-state index contributed by atoms with van der Waals surface area (Å²) in [6, 6.07) is 0. The highest BCUT2D eigenvalue weighted by atomic mass is 35.7. The van der Waals surface area contributed by atoms with E-state index in [1.807, 2.05) is 0 Å². The van der Waals surface area contributed by atoms with E-state index in [2.05, 4.69) is 4.98 Å². The Morgan fingerprint density at radius 2 is 2.31 bits per heavy atom. The van der Waals surface area contributed by atoms with Crippen LogP contribution in [0.3, 0.4) is 0 Å². The van der Waals surface area contributed by atoms with E-state index >= 15 is 0 Å². The third kappa shape index (κ3) is 2.03. The van der Waals surface area contributed by atoms with Crippen LogP contribution in [-0.4, -0.2) is 18.0 Å². The monoisotopic (exact) mass is 220 g/mol. The summed E-state index contributed by atoms with van der Waals surface area (Å²) < 4.78 is 23.6. The molecule has 0 radical (unpaired) electrons. The molecule has 0 unspecified atom stereocenters. The maximum atomic E-state index is 11.0. The summed E-state index contributed by atoms with van der Waals surface area (Å²) in [7, 11) is 1.59. The molecule has 2 rings (SSSR count). The highest BCUT2D eigenvalue weighted by Gasteiger charge is 2.24. The molecule has 72 valence electrons. The van der Waals surface area contributed by atoms with Crippen molar-refractivity contribution < 1.29 is 8.42 Å². The van der Waals surface area contributed by atoms with Gasteiger partial charge in [0.1, 0.15) is 0 Å². The van der Waals surface area contributed by atoms with Crippen molar-refractivity contribution in [1.82, 2.24) is 9.55 Å². The van der Waals surface area contributed by atoms with Gasteiger partial charge in [0.2, 0.25) is 0 Å². The number of nitrogens with zero attached hydrogens (tertiary/aromatic N) is 2. The van der Waals surface area contributed by atoms with Crippen molar-refractivity contribution in [1.29, 1.82) is 0 Å². The molecular weight excluding hydrogens is 212 g/mol. The van der Waals surface area contributed by atoms with Crippen LogP contribution in [-0.2, 0) is 15.6 Å². The zero-order valence-corrected chi connectivity index (χ0v) is 8.42. The predicted molar refractivity (Wildman–Crippen MR) is 48.0 cm³/mol. The van der Waals surface area contributed by atoms with Gasteiger partial charge in [-0.15, -0.1) is 0 Å². The molecule has 1 heterocycles. The third-order valence-corrected chi connectivity index (χ3v) is 3.39. The van der Waals surface area contributed by atoms with E-state index in [4.69, 9.17) is 10.7 Å². The lowest BCUT2D eigenvalue weighted by Gasteiger charge is -2.02. The van der Waals surface area contributed by atoms with Crippen LogP contribution in [0.15, 0.2) is 17.6 Å². The van der Waals surface area contributed by atoms with Crippen molar-refractivity contribution in [3.05, 3.63) is 12.5 Å². The number of rotatable bonds is 3. The Morgan fingerprint density at radius 1 is 1.62 bits per heavy atom. The lowest BCUT2D eigenvalue weighted by molar-refractivity contribution is 0.560. The second-order valence-electron chi connectivity index (χ2n) is 3.27. The molecule has 0 spiro atoms. The fraction of sp³-hybridized carbons (Fsp3) is 0.571. The van der Waals surface area contributed by atoms with Crippen LogP contribution in [0.4, 0.5) is 0 Å². The molecule has 4 nitrogen and oxygen atoms in total. The molecule has 1 aromatic rings. The van der Waals surface area contributed by atoms with E-state index in [-0.39, 0.29) is 5.03 Å². The first kappa shape index (κ1) is 9.02. The highest BCUT2D eigenvalue weighted by molar-refractivity contribution is 8.13. The summed E-state index contributed by atoms with van der Waals surface area (Å²) >= 11 is 0. The average Bonchev–Trinajstić information content (AvgIpc) is 2.63. The van der Waals surface area contributed by atoms with Crippen molar-refractivity contribution in [2.75, 3.05) is 0 Å². The molecule has 0 aromatic carbocycles. The number of imidazole rings is 1. The molecular formula is C7H9ClN2O2S. The van der Waals surface area contributed by atoms with Gasteiger partial charge in [-0.3, -0.25) is 0 Å². The van der Waals surface area contributed by atoms with Gasteiger partial charge in [0.05, 0.1) is 12.5 Å². The van der Waals surface area contributed by atoms with Gasteiger partial charge in [0.15, 0.2) is 5.03 Å².